The van der Waals surface area contributed by atoms with Gasteiger partial charge in [0, 0.05) is 28.9 Å². The number of nitrogens with one attached hydrogen (secondary N) is 3. The zero-order valence-corrected chi connectivity index (χ0v) is 16.7. The summed E-state index contributed by atoms with van der Waals surface area (Å²) in [6.45, 7) is 0. The first kappa shape index (κ1) is 19.7. The van der Waals surface area contributed by atoms with E-state index in [4.69, 9.17) is 4.74 Å². The molecule has 2 aromatic carbocycles. The number of benzene rings is 2. The number of nitro benzene ring substituents is 1. The van der Waals surface area contributed by atoms with Gasteiger partial charge in [-0.3, -0.25) is 14.9 Å². The van der Waals surface area contributed by atoms with Gasteiger partial charge in [-0.15, -0.1) is 0 Å². The molecule has 30 heavy (non-hydrogen) atoms. The lowest BCUT2D eigenvalue weighted by Crippen LogP contribution is -2.33. The van der Waals surface area contributed by atoms with Crippen molar-refractivity contribution in [2.75, 3.05) is 12.4 Å². The number of aromatic nitrogens is 1. The molecule has 0 bridgehead atoms. The summed E-state index contributed by atoms with van der Waals surface area (Å²) in [7, 11) is -2.21. The number of methoxy groups -OCH3 is 1. The Hall–Kier alpha value is -3.60. The minimum Gasteiger partial charge on any atom is -0.497 e. The van der Waals surface area contributed by atoms with Crippen LogP contribution in [0.5, 0.6) is 5.75 Å². The molecule has 1 aliphatic rings. The van der Waals surface area contributed by atoms with Crippen molar-refractivity contribution in [2.45, 2.75) is 18.1 Å². The van der Waals surface area contributed by atoms with Crippen LogP contribution in [0.2, 0.25) is 0 Å². The lowest BCUT2D eigenvalue weighted by molar-refractivity contribution is -0.383. The van der Waals surface area contributed by atoms with E-state index >= 15 is 0 Å². The van der Waals surface area contributed by atoms with E-state index in [1.165, 1.54) is 25.3 Å². The van der Waals surface area contributed by atoms with Crippen LogP contribution < -0.4 is 14.8 Å². The van der Waals surface area contributed by atoms with Gasteiger partial charge >= 0.3 is 0 Å². The Bertz CT molecular complexity index is 1260. The molecule has 10 nitrogen and oxygen atoms in total. The number of hydrogen-bond donors (Lipinski definition) is 3. The zero-order valence-electron chi connectivity index (χ0n) is 15.8. The van der Waals surface area contributed by atoms with Crippen molar-refractivity contribution in [1.82, 2.24) is 9.71 Å². The van der Waals surface area contributed by atoms with Crippen LogP contribution in [0.4, 0.5) is 17.1 Å². The van der Waals surface area contributed by atoms with Crippen LogP contribution in [0.25, 0.3) is 10.9 Å². The van der Waals surface area contributed by atoms with Crippen molar-refractivity contribution in [3.8, 4) is 5.75 Å². The predicted octanol–water partition coefficient (Wildman–Crippen LogP) is 3.05. The van der Waals surface area contributed by atoms with Crippen LogP contribution in [0.1, 0.15) is 23.3 Å². The fourth-order valence-electron chi connectivity index (χ4n) is 3.09. The molecule has 0 radical (unpaired) electrons. The molecule has 1 heterocycles. The van der Waals surface area contributed by atoms with Gasteiger partial charge in [-0.05, 0) is 37.1 Å². The van der Waals surface area contributed by atoms with Gasteiger partial charge in [0.2, 0.25) is 10.0 Å². The summed E-state index contributed by atoms with van der Waals surface area (Å²) in [6.07, 6.45) is 1.02. The highest BCUT2D eigenvalue weighted by molar-refractivity contribution is 7.91. The molecule has 0 saturated heterocycles. The van der Waals surface area contributed by atoms with Crippen molar-refractivity contribution in [3.63, 3.8) is 0 Å². The van der Waals surface area contributed by atoms with Gasteiger partial charge in [0.05, 0.1) is 17.3 Å². The van der Waals surface area contributed by atoms with E-state index in [9.17, 15) is 23.3 Å². The number of amides is 1. The number of non-ortho nitro benzene ring substituents is 1. The minimum absolute atomic E-state index is 0.0859. The molecule has 0 atom stereocenters. The minimum atomic E-state index is -3.75. The summed E-state index contributed by atoms with van der Waals surface area (Å²) in [6, 6.07) is 11.3. The van der Waals surface area contributed by atoms with Gasteiger partial charge in [0.15, 0.2) is 0 Å². The topological polar surface area (TPSA) is 143 Å². The number of rotatable bonds is 7. The van der Waals surface area contributed by atoms with Crippen molar-refractivity contribution in [1.29, 1.82) is 0 Å². The number of ether oxygens (including phenoxy) is 1. The predicted molar refractivity (Wildman–Crippen MR) is 111 cm³/mol. The van der Waals surface area contributed by atoms with Crippen LogP contribution in [-0.2, 0) is 10.0 Å². The first-order valence-corrected chi connectivity index (χ1v) is 10.6. The Balaban J connectivity index is 1.73. The Morgan fingerprint density at radius 1 is 1.23 bits per heavy atom. The number of anilines is 2. The Morgan fingerprint density at radius 3 is 2.67 bits per heavy atom. The first-order valence-electron chi connectivity index (χ1n) is 9.05. The molecular formula is C19H18N4O6S. The van der Waals surface area contributed by atoms with Crippen molar-refractivity contribution in [2.24, 2.45) is 0 Å². The molecular weight excluding hydrogens is 412 g/mol. The van der Waals surface area contributed by atoms with E-state index in [1.54, 1.807) is 24.3 Å². The van der Waals surface area contributed by atoms with Gasteiger partial charge < -0.3 is 15.0 Å². The average Bonchev–Trinajstić information content (AvgIpc) is 3.47. The number of nitrogens with zero attached hydrogens (tertiary/aromatic N) is 1. The number of fused-ring (bicyclic) bond motifs is 1. The molecule has 1 aliphatic carbocycles. The Labute approximate surface area is 171 Å². The van der Waals surface area contributed by atoms with E-state index in [0.717, 1.165) is 0 Å². The third kappa shape index (κ3) is 3.79. The smallest absolute Gasteiger partial charge is 0.293 e. The Morgan fingerprint density at radius 2 is 2.00 bits per heavy atom. The van der Waals surface area contributed by atoms with Gasteiger partial charge in [0.25, 0.3) is 11.6 Å². The number of nitro groups is 1. The number of sulfonamides is 1. The molecule has 3 N–H and O–H groups in total. The maximum atomic E-state index is 12.5. The molecule has 0 aliphatic heterocycles. The highest BCUT2D eigenvalue weighted by Gasteiger charge is 2.37. The molecule has 4 rings (SSSR count). The van der Waals surface area contributed by atoms with Gasteiger partial charge in [-0.2, -0.15) is 0 Å². The first-order chi connectivity index (χ1) is 14.3. The molecule has 1 amide bonds. The second kappa shape index (κ2) is 7.34. The summed E-state index contributed by atoms with van der Waals surface area (Å²) in [5.74, 6) is -0.239. The summed E-state index contributed by atoms with van der Waals surface area (Å²) >= 11 is 0. The molecule has 1 aromatic heterocycles. The van der Waals surface area contributed by atoms with Crippen LogP contribution in [0, 0.1) is 10.1 Å². The zero-order chi connectivity index (χ0) is 21.5. The van der Waals surface area contributed by atoms with Crippen molar-refractivity contribution in [3.05, 3.63) is 58.3 Å². The van der Waals surface area contributed by atoms with E-state index in [1.807, 2.05) is 4.72 Å². The lowest BCUT2D eigenvalue weighted by atomic mass is 10.1. The molecule has 11 heteroatoms. The fourth-order valence-corrected chi connectivity index (χ4v) is 4.38. The number of aromatic amines is 1. The number of carbonyl (C=O) groups is 1. The van der Waals surface area contributed by atoms with Crippen LogP contribution in [0.3, 0.4) is 0 Å². The highest BCUT2D eigenvalue weighted by atomic mass is 32.2. The normalized spacial score (nSPS) is 13.8. The molecule has 0 spiro atoms. The quantitative estimate of drug-likeness (QED) is 0.386. The average molecular weight is 430 g/mol. The summed E-state index contributed by atoms with van der Waals surface area (Å²) in [5.41, 5.74) is 0.974. The Kier molecular flexibility index (Phi) is 4.82. The van der Waals surface area contributed by atoms with Crippen LogP contribution in [0.15, 0.2) is 42.5 Å². The van der Waals surface area contributed by atoms with Crippen LogP contribution >= 0.6 is 0 Å². The second-order valence-electron chi connectivity index (χ2n) is 6.89. The van der Waals surface area contributed by atoms with Gasteiger partial charge in [-0.1, -0.05) is 6.07 Å². The summed E-state index contributed by atoms with van der Waals surface area (Å²) < 4.78 is 31.3. The van der Waals surface area contributed by atoms with Gasteiger partial charge in [0.1, 0.15) is 17.0 Å². The molecule has 3 aromatic rings. The number of H-pyrrole nitrogens is 1. The highest BCUT2D eigenvalue weighted by Crippen LogP contribution is 2.34. The lowest BCUT2D eigenvalue weighted by Gasteiger charge is -2.09. The fraction of sp³-hybridized carbons (Fsp3) is 0.211. The second-order valence-corrected chi connectivity index (χ2v) is 8.85. The number of carbonyl (C=O) groups excluding carboxylic acids is 1. The van der Waals surface area contributed by atoms with E-state index < -0.39 is 26.1 Å². The molecule has 0 unspecified atom stereocenters. The maximum Gasteiger partial charge on any atom is 0.293 e. The molecule has 156 valence electrons. The largest absolute Gasteiger partial charge is 0.497 e. The third-order valence-corrected chi connectivity index (χ3v) is 6.58. The van der Waals surface area contributed by atoms with Crippen molar-refractivity contribution >= 4 is 43.9 Å². The molecule has 1 fully saturated rings. The van der Waals surface area contributed by atoms with Crippen molar-refractivity contribution < 1.29 is 22.9 Å². The monoisotopic (exact) mass is 430 g/mol. The summed E-state index contributed by atoms with van der Waals surface area (Å²) in [4.78, 5) is 26.0. The van der Waals surface area contributed by atoms with E-state index in [-0.39, 0.29) is 16.9 Å². The third-order valence-electron chi connectivity index (χ3n) is 4.76. The standard InChI is InChI=1S/C19H18N4O6S/c1-29-12-4-2-3-11(9-12)20-15-7-8-17(23(25)26)18-14(15)10-16(21-18)19(24)22-30(27,28)13-5-6-13/h2-4,7-10,13,20-21H,5-6H2,1H3,(H,22,24). The maximum absolute atomic E-state index is 12.5. The van der Waals surface area contributed by atoms with E-state index in [2.05, 4.69) is 10.3 Å². The molecule has 1 saturated carbocycles. The summed E-state index contributed by atoms with van der Waals surface area (Å²) in [5, 5.41) is 14.4. The van der Waals surface area contributed by atoms with Gasteiger partial charge in [-0.25, -0.2) is 13.1 Å². The van der Waals surface area contributed by atoms with Crippen LogP contribution in [-0.4, -0.2) is 36.6 Å². The van der Waals surface area contributed by atoms with E-state index in [0.29, 0.717) is 35.4 Å². The SMILES string of the molecule is COc1cccc(Nc2ccc([N+](=O)[O-])c3[nH]c(C(=O)NS(=O)(=O)C4CC4)cc23)c1. The number of hydrogen-bond acceptors (Lipinski definition) is 7.